The quantitative estimate of drug-likeness (QED) is 0.922. The van der Waals surface area contributed by atoms with Gasteiger partial charge >= 0.3 is 6.18 Å². The molecule has 1 aliphatic rings. The maximum Gasteiger partial charge on any atom is 0.416 e. The molecule has 1 saturated heterocycles. The fourth-order valence-electron chi connectivity index (χ4n) is 2.83. The molecule has 0 spiro atoms. The van der Waals surface area contributed by atoms with Crippen molar-refractivity contribution in [2.45, 2.75) is 12.7 Å². The van der Waals surface area contributed by atoms with Gasteiger partial charge in [0.05, 0.1) is 17.7 Å². The van der Waals surface area contributed by atoms with E-state index in [1.165, 1.54) is 12.3 Å². The van der Waals surface area contributed by atoms with Crippen LogP contribution in [0.25, 0.3) is 0 Å². The lowest BCUT2D eigenvalue weighted by Gasteiger charge is -2.36. The second kappa shape index (κ2) is 6.79. The minimum absolute atomic E-state index is 0.160. The Morgan fingerprint density at radius 1 is 1.16 bits per heavy atom. The Morgan fingerprint density at radius 2 is 1.88 bits per heavy atom. The average molecular weight is 353 g/mol. The van der Waals surface area contributed by atoms with E-state index in [1.54, 1.807) is 17.0 Å². The van der Waals surface area contributed by atoms with Crippen LogP contribution in [0.2, 0.25) is 0 Å². The molecular formula is C17H18F3N3O2. The monoisotopic (exact) mass is 353 g/mol. The minimum atomic E-state index is -4.37. The van der Waals surface area contributed by atoms with Crippen molar-refractivity contribution in [3.05, 3.63) is 53.5 Å². The van der Waals surface area contributed by atoms with Crippen LogP contribution in [0.5, 0.6) is 0 Å². The zero-order valence-electron chi connectivity index (χ0n) is 13.4. The van der Waals surface area contributed by atoms with Crippen LogP contribution in [-0.2, 0) is 12.7 Å². The van der Waals surface area contributed by atoms with E-state index in [0.717, 1.165) is 12.1 Å². The summed E-state index contributed by atoms with van der Waals surface area (Å²) in [5.41, 5.74) is 5.74. The number of anilines is 1. The number of nitrogens with two attached hydrogens (primary N) is 1. The Morgan fingerprint density at radius 3 is 2.48 bits per heavy atom. The number of rotatable bonds is 3. The number of carbonyl (C=O) groups excluding carboxylic acids is 1. The molecule has 25 heavy (non-hydrogen) atoms. The Kier molecular flexibility index (Phi) is 4.71. The van der Waals surface area contributed by atoms with Gasteiger partial charge in [0.25, 0.3) is 5.91 Å². The van der Waals surface area contributed by atoms with Crippen molar-refractivity contribution < 1.29 is 22.4 Å². The van der Waals surface area contributed by atoms with Crippen molar-refractivity contribution in [3.8, 4) is 0 Å². The Bertz CT molecular complexity index is 750. The third kappa shape index (κ3) is 3.79. The number of amides is 1. The third-order valence-electron chi connectivity index (χ3n) is 4.21. The van der Waals surface area contributed by atoms with Gasteiger partial charge in [-0.05, 0) is 24.3 Å². The van der Waals surface area contributed by atoms with E-state index in [2.05, 4.69) is 0 Å². The lowest BCUT2D eigenvalue weighted by molar-refractivity contribution is -0.137. The number of furan rings is 1. The van der Waals surface area contributed by atoms with Crippen molar-refractivity contribution in [1.82, 2.24) is 4.90 Å². The van der Waals surface area contributed by atoms with E-state index < -0.39 is 11.7 Å². The molecule has 8 heteroatoms. The molecule has 0 saturated carbocycles. The fraction of sp³-hybridized carbons (Fsp3) is 0.353. The molecule has 3 rings (SSSR count). The molecule has 1 amide bonds. The lowest BCUT2D eigenvalue weighted by atomic mass is 10.1. The number of nitrogens with zero attached hydrogens (tertiary/aromatic N) is 2. The highest BCUT2D eigenvalue weighted by Crippen LogP contribution is 2.31. The minimum Gasteiger partial charge on any atom is -0.467 e. The summed E-state index contributed by atoms with van der Waals surface area (Å²) in [4.78, 5) is 15.9. The molecule has 1 aromatic heterocycles. The van der Waals surface area contributed by atoms with Crippen LogP contribution < -0.4 is 10.6 Å². The van der Waals surface area contributed by atoms with Crippen molar-refractivity contribution in [2.24, 2.45) is 5.73 Å². The summed E-state index contributed by atoms with van der Waals surface area (Å²) in [6, 6.07) is 6.85. The van der Waals surface area contributed by atoms with Gasteiger partial charge in [0, 0.05) is 31.9 Å². The molecule has 0 unspecified atom stereocenters. The average Bonchev–Trinajstić information content (AvgIpc) is 3.10. The molecule has 1 aromatic carbocycles. The van der Waals surface area contributed by atoms with Gasteiger partial charge in [-0.1, -0.05) is 6.07 Å². The molecule has 134 valence electrons. The smallest absolute Gasteiger partial charge is 0.416 e. The molecule has 0 atom stereocenters. The van der Waals surface area contributed by atoms with Crippen molar-refractivity contribution in [2.75, 3.05) is 31.1 Å². The molecular weight excluding hydrogens is 335 g/mol. The first kappa shape index (κ1) is 17.3. The Labute approximate surface area is 142 Å². The SMILES string of the molecule is NCc1cc(C(=O)N2CCN(c3cccc(C(F)(F)F)c3)CC2)co1. The maximum atomic E-state index is 12.8. The maximum absolute atomic E-state index is 12.8. The van der Waals surface area contributed by atoms with Crippen LogP contribution in [0.1, 0.15) is 21.7 Å². The van der Waals surface area contributed by atoms with E-state index in [-0.39, 0.29) is 12.5 Å². The standard InChI is InChI=1S/C17H18F3N3O2/c18-17(19,20)13-2-1-3-14(9-13)22-4-6-23(7-5-22)16(24)12-8-15(10-21)25-11-12/h1-3,8-9,11H,4-7,10,21H2. The van der Waals surface area contributed by atoms with E-state index in [4.69, 9.17) is 10.2 Å². The van der Waals surface area contributed by atoms with E-state index >= 15 is 0 Å². The highest BCUT2D eigenvalue weighted by atomic mass is 19.4. The number of halogens is 3. The Balaban J connectivity index is 1.65. The van der Waals surface area contributed by atoms with Gasteiger partial charge < -0.3 is 20.0 Å². The van der Waals surface area contributed by atoms with Crippen molar-refractivity contribution >= 4 is 11.6 Å². The summed E-state index contributed by atoms with van der Waals surface area (Å²) in [5, 5.41) is 0. The molecule has 1 fully saturated rings. The summed E-state index contributed by atoms with van der Waals surface area (Å²) in [6.45, 7) is 2.01. The van der Waals surface area contributed by atoms with E-state index in [0.29, 0.717) is 43.2 Å². The molecule has 0 aliphatic carbocycles. The van der Waals surface area contributed by atoms with Crippen LogP contribution >= 0.6 is 0 Å². The van der Waals surface area contributed by atoms with E-state index in [9.17, 15) is 18.0 Å². The number of alkyl halides is 3. The largest absolute Gasteiger partial charge is 0.467 e. The third-order valence-corrected chi connectivity index (χ3v) is 4.21. The summed E-state index contributed by atoms with van der Waals surface area (Å²) in [5.74, 6) is 0.373. The Hall–Kier alpha value is -2.48. The summed E-state index contributed by atoms with van der Waals surface area (Å²) in [6.07, 6.45) is -2.99. The molecule has 5 nitrogen and oxygen atoms in total. The van der Waals surface area contributed by atoms with Gasteiger partial charge in [-0.15, -0.1) is 0 Å². The number of hydrogen-bond donors (Lipinski definition) is 1. The van der Waals surface area contributed by atoms with Gasteiger partial charge in [0.15, 0.2) is 0 Å². The normalized spacial score (nSPS) is 15.5. The zero-order valence-corrected chi connectivity index (χ0v) is 13.4. The molecule has 2 heterocycles. The van der Waals surface area contributed by atoms with Gasteiger partial charge in [-0.25, -0.2) is 0 Å². The van der Waals surface area contributed by atoms with Crippen LogP contribution in [0.15, 0.2) is 41.0 Å². The van der Waals surface area contributed by atoms with Gasteiger partial charge in [-0.3, -0.25) is 4.79 Å². The summed E-state index contributed by atoms with van der Waals surface area (Å²) in [7, 11) is 0. The molecule has 0 radical (unpaired) electrons. The fourth-order valence-corrected chi connectivity index (χ4v) is 2.83. The number of piperazine rings is 1. The van der Waals surface area contributed by atoms with E-state index in [1.807, 2.05) is 4.90 Å². The number of hydrogen-bond acceptors (Lipinski definition) is 4. The second-order valence-corrected chi connectivity index (χ2v) is 5.83. The molecule has 1 aliphatic heterocycles. The molecule has 0 bridgehead atoms. The van der Waals surface area contributed by atoms with Gasteiger partial charge in [0.1, 0.15) is 12.0 Å². The predicted molar refractivity (Wildman–Crippen MR) is 86.2 cm³/mol. The van der Waals surface area contributed by atoms with Crippen LogP contribution in [0.3, 0.4) is 0 Å². The molecule has 2 aromatic rings. The first-order chi connectivity index (χ1) is 11.9. The first-order valence-electron chi connectivity index (χ1n) is 7.87. The van der Waals surface area contributed by atoms with Crippen LogP contribution in [0, 0.1) is 0 Å². The number of benzene rings is 1. The highest BCUT2D eigenvalue weighted by Gasteiger charge is 2.31. The van der Waals surface area contributed by atoms with Crippen LogP contribution in [-0.4, -0.2) is 37.0 Å². The highest BCUT2D eigenvalue weighted by molar-refractivity contribution is 5.94. The summed E-state index contributed by atoms with van der Waals surface area (Å²) < 4.78 is 43.7. The second-order valence-electron chi connectivity index (χ2n) is 5.83. The van der Waals surface area contributed by atoms with Crippen molar-refractivity contribution in [1.29, 1.82) is 0 Å². The van der Waals surface area contributed by atoms with Gasteiger partial charge in [-0.2, -0.15) is 13.2 Å². The topological polar surface area (TPSA) is 62.7 Å². The number of carbonyl (C=O) groups is 1. The molecule has 2 N–H and O–H groups in total. The first-order valence-corrected chi connectivity index (χ1v) is 7.87. The summed E-state index contributed by atoms with van der Waals surface area (Å²) >= 11 is 0. The lowest BCUT2D eigenvalue weighted by Crippen LogP contribution is -2.48. The predicted octanol–water partition coefficient (Wildman–Crippen LogP) is 2.72. The zero-order chi connectivity index (χ0) is 18.0. The van der Waals surface area contributed by atoms with Gasteiger partial charge in [0.2, 0.25) is 0 Å². The van der Waals surface area contributed by atoms with Crippen molar-refractivity contribution in [3.63, 3.8) is 0 Å². The van der Waals surface area contributed by atoms with Crippen LogP contribution in [0.4, 0.5) is 18.9 Å².